The fourth-order valence-corrected chi connectivity index (χ4v) is 4.90. The number of anilines is 1. The minimum absolute atomic E-state index is 0.149. The van der Waals surface area contributed by atoms with Gasteiger partial charge in [0.25, 0.3) is 0 Å². The predicted octanol–water partition coefficient (Wildman–Crippen LogP) is 3.13. The third kappa shape index (κ3) is 4.89. The summed E-state index contributed by atoms with van der Waals surface area (Å²) in [6, 6.07) is 13.5. The van der Waals surface area contributed by atoms with Crippen molar-refractivity contribution in [3.05, 3.63) is 48.5 Å². The third-order valence-electron chi connectivity index (χ3n) is 4.89. The van der Waals surface area contributed by atoms with Crippen molar-refractivity contribution >= 4 is 21.6 Å². The first-order valence-corrected chi connectivity index (χ1v) is 11.1. The molecule has 1 aliphatic heterocycles. The summed E-state index contributed by atoms with van der Waals surface area (Å²) in [6.45, 7) is 2.93. The van der Waals surface area contributed by atoms with E-state index in [0.717, 1.165) is 0 Å². The monoisotopic (exact) mass is 418 g/mol. The van der Waals surface area contributed by atoms with Crippen LogP contribution in [0.3, 0.4) is 0 Å². The van der Waals surface area contributed by atoms with Crippen molar-refractivity contribution < 1.29 is 22.7 Å². The van der Waals surface area contributed by atoms with Gasteiger partial charge in [0.15, 0.2) is 0 Å². The molecule has 1 atom stereocenters. The van der Waals surface area contributed by atoms with Gasteiger partial charge in [-0.1, -0.05) is 12.1 Å². The lowest BCUT2D eigenvalue weighted by Gasteiger charge is -2.31. The highest BCUT2D eigenvalue weighted by Gasteiger charge is 2.33. The van der Waals surface area contributed by atoms with Gasteiger partial charge in [-0.15, -0.1) is 0 Å². The van der Waals surface area contributed by atoms with Gasteiger partial charge in [0.1, 0.15) is 11.5 Å². The molecular weight excluding hydrogens is 392 g/mol. The Labute approximate surface area is 171 Å². The van der Waals surface area contributed by atoms with Gasteiger partial charge in [0.05, 0.1) is 30.2 Å². The fraction of sp³-hybridized carbons (Fsp3) is 0.381. The van der Waals surface area contributed by atoms with Crippen molar-refractivity contribution in [1.82, 2.24) is 4.31 Å². The van der Waals surface area contributed by atoms with Crippen molar-refractivity contribution in [3.63, 3.8) is 0 Å². The van der Waals surface area contributed by atoms with Crippen LogP contribution in [-0.2, 0) is 14.8 Å². The number of carbonyl (C=O) groups excluding carboxylic acids is 1. The first-order chi connectivity index (χ1) is 14.0. The van der Waals surface area contributed by atoms with Crippen molar-refractivity contribution in [2.75, 3.05) is 32.1 Å². The molecule has 0 radical (unpaired) electrons. The maximum atomic E-state index is 13.0. The van der Waals surface area contributed by atoms with Gasteiger partial charge >= 0.3 is 0 Å². The zero-order valence-electron chi connectivity index (χ0n) is 16.6. The lowest BCUT2D eigenvalue weighted by atomic mass is 9.98. The van der Waals surface area contributed by atoms with E-state index < -0.39 is 15.9 Å². The zero-order chi connectivity index (χ0) is 20.9. The Morgan fingerprint density at radius 1 is 1.17 bits per heavy atom. The van der Waals surface area contributed by atoms with Crippen LogP contribution >= 0.6 is 0 Å². The van der Waals surface area contributed by atoms with Crippen LogP contribution in [-0.4, -0.2) is 45.4 Å². The summed E-state index contributed by atoms with van der Waals surface area (Å²) >= 11 is 0. The Morgan fingerprint density at radius 2 is 1.90 bits per heavy atom. The van der Waals surface area contributed by atoms with E-state index in [1.54, 1.807) is 36.4 Å². The average molecular weight is 419 g/mol. The summed E-state index contributed by atoms with van der Waals surface area (Å²) in [7, 11) is -2.13. The number of para-hydroxylation sites is 2. The van der Waals surface area contributed by atoms with E-state index in [1.165, 1.54) is 11.4 Å². The van der Waals surface area contributed by atoms with E-state index in [0.29, 0.717) is 43.2 Å². The number of methoxy groups -OCH3 is 1. The minimum Gasteiger partial charge on any atom is -0.495 e. The number of rotatable bonds is 7. The predicted molar refractivity (Wildman–Crippen MR) is 111 cm³/mol. The summed E-state index contributed by atoms with van der Waals surface area (Å²) in [5.41, 5.74) is 0.575. The standard InChI is InChI=1S/C21H26N2O5S/c1-3-28-17-10-12-18(13-11-17)29(25,26)23-14-6-7-16(15-23)21(24)22-19-8-4-5-9-20(19)27-2/h4-5,8-13,16H,3,6-7,14-15H2,1-2H3,(H,22,24)/t16-/m1/s1. The number of benzene rings is 2. The largest absolute Gasteiger partial charge is 0.495 e. The smallest absolute Gasteiger partial charge is 0.243 e. The Bertz CT molecular complexity index is 944. The molecule has 1 heterocycles. The number of piperidine rings is 1. The second-order valence-electron chi connectivity index (χ2n) is 6.80. The SMILES string of the molecule is CCOc1ccc(S(=O)(=O)N2CCC[C@@H](C(=O)Nc3ccccc3OC)C2)cc1. The quantitative estimate of drug-likeness (QED) is 0.747. The minimum atomic E-state index is -3.67. The highest BCUT2D eigenvalue weighted by atomic mass is 32.2. The first-order valence-electron chi connectivity index (χ1n) is 9.62. The number of hydrogen-bond donors (Lipinski definition) is 1. The highest BCUT2D eigenvalue weighted by Crippen LogP contribution is 2.28. The van der Waals surface area contributed by atoms with Gasteiger partial charge in [-0.05, 0) is 56.2 Å². The van der Waals surface area contributed by atoms with E-state index in [4.69, 9.17) is 9.47 Å². The van der Waals surface area contributed by atoms with E-state index in [9.17, 15) is 13.2 Å². The maximum absolute atomic E-state index is 13.0. The van der Waals surface area contributed by atoms with Crippen LogP contribution in [0.15, 0.2) is 53.4 Å². The topological polar surface area (TPSA) is 84.9 Å². The fourth-order valence-electron chi connectivity index (χ4n) is 3.38. The molecule has 1 amide bonds. The second kappa shape index (κ2) is 9.28. The van der Waals surface area contributed by atoms with Crippen LogP contribution in [0, 0.1) is 5.92 Å². The van der Waals surface area contributed by atoms with Crippen LogP contribution in [0.2, 0.25) is 0 Å². The maximum Gasteiger partial charge on any atom is 0.243 e. The molecular formula is C21H26N2O5S. The number of carbonyl (C=O) groups is 1. The van der Waals surface area contributed by atoms with Crippen LogP contribution in [0.4, 0.5) is 5.69 Å². The van der Waals surface area contributed by atoms with Crippen LogP contribution in [0.1, 0.15) is 19.8 Å². The number of amides is 1. The molecule has 156 valence electrons. The van der Waals surface area contributed by atoms with Crippen molar-refractivity contribution in [2.24, 2.45) is 5.92 Å². The molecule has 0 saturated carbocycles. The third-order valence-corrected chi connectivity index (χ3v) is 6.77. The number of nitrogens with one attached hydrogen (secondary N) is 1. The summed E-state index contributed by atoms with van der Waals surface area (Å²) in [4.78, 5) is 13.0. The normalized spacial score (nSPS) is 17.5. The first kappa shape index (κ1) is 21.1. The Balaban J connectivity index is 1.71. The van der Waals surface area contributed by atoms with Gasteiger partial charge in [-0.3, -0.25) is 4.79 Å². The number of hydrogen-bond acceptors (Lipinski definition) is 5. The molecule has 29 heavy (non-hydrogen) atoms. The highest BCUT2D eigenvalue weighted by molar-refractivity contribution is 7.89. The molecule has 2 aromatic rings. The van der Waals surface area contributed by atoms with Gasteiger partial charge in [-0.2, -0.15) is 4.31 Å². The molecule has 2 aromatic carbocycles. The lowest BCUT2D eigenvalue weighted by Crippen LogP contribution is -2.43. The molecule has 7 nitrogen and oxygen atoms in total. The van der Waals surface area contributed by atoms with Crippen molar-refractivity contribution in [2.45, 2.75) is 24.7 Å². The average Bonchev–Trinajstić information content (AvgIpc) is 2.75. The van der Waals surface area contributed by atoms with Gasteiger partial charge in [0, 0.05) is 13.1 Å². The van der Waals surface area contributed by atoms with Crippen LogP contribution in [0.5, 0.6) is 11.5 Å². The van der Waals surface area contributed by atoms with E-state index in [-0.39, 0.29) is 17.3 Å². The van der Waals surface area contributed by atoms with E-state index >= 15 is 0 Å². The summed E-state index contributed by atoms with van der Waals surface area (Å²) in [5, 5.41) is 2.86. The van der Waals surface area contributed by atoms with Gasteiger partial charge in [0.2, 0.25) is 15.9 Å². The molecule has 0 bridgehead atoms. The molecule has 0 unspecified atom stereocenters. The molecule has 8 heteroatoms. The molecule has 1 saturated heterocycles. The number of nitrogens with zero attached hydrogens (tertiary/aromatic N) is 1. The Kier molecular flexibility index (Phi) is 6.76. The molecule has 0 aromatic heterocycles. The number of sulfonamides is 1. The second-order valence-corrected chi connectivity index (χ2v) is 8.73. The van der Waals surface area contributed by atoms with Crippen molar-refractivity contribution in [1.29, 1.82) is 0 Å². The number of ether oxygens (including phenoxy) is 2. The molecule has 3 rings (SSSR count). The van der Waals surface area contributed by atoms with Gasteiger partial charge in [-0.25, -0.2) is 8.42 Å². The van der Waals surface area contributed by atoms with Crippen LogP contribution < -0.4 is 14.8 Å². The van der Waals surface area contributed by atoms with Crippen LogP contribution in [0.25, 0.3) is 0 Å². The Morgan fingerprint density at radius 3 is 2.59 bits per heavy atom. The van der Waals surface area contributed by atoms with E-state index in [2.05, 4.69) is 5.32 Å². The van der Waals surface area contributed by atoms with Gasteiger partial charge < -0.3 is 14.8 Å². The molecule has 1 fully saturated rings. The Hall–Kier alpha value is -2.58. The molecule has 0 spiro atoms. The summed E-state index contributed by atoms with van der Waals surface area (Å²) < 4.78 is 38.1. The summed E-state index contributed by atoms with van der Waals surface area (Å²) in [5.74, 6) is 0.557. The molecule has 0 aliphatic carbocycles. The lowest BCUT2D eigenvalue weighted by molar-refractivity contribution is -0.120. The van der Waals surface area contributed by atoms with Crippen molar-refractivity contribution in [3.8, 4) is 11.5 Å². The zero-order valence-corrected chi connectivity index (χ0v) is 17.4. The molecule has 1 aliphatic rings. The molecule has 1 N–H and O–H groups in total. The summed E-state index contributed by atoms with van der Waals surface area (Å²) in [6.07, 6.45) is 1.26. The van der Waals surface area contributed by atoms with E-state index in [1.807, 2.05) is 19.1 Å².